The normalized spacial score (nSPS) is 15.1. The molecule has 0 aliphatic heterocycles. The summed E-state index contributed by atoms with van der Waals surface area (Å²) in [5.74, 6) is 0.517. The third-order valence-corrected chi connectivity index (χ3v) is 6.36. The standard InChI is InChI=1S/C29H22/c1-18(2)27-17-23(24-8-3-4-9-26(24)27)16-22-13-12-21-11-10-19-6-5-7-20-14-15-25(22)29(21)28(19)20/h3-18H,1-2H3/b23-16-. The van der Waals surface area contributed by atoms with E-state index in [2.05, 4.69) is 105 Å². The Morgan fingerprint density at radius 1 is 0.621 bits per heavy atom. The van der Waals surface area contributed by atoms with E-state index in [0.29, 0.717) is 5.92 Å². The summed E-state index contributed by atoms with van der Waals surface area (Å²) in [6, 6.07) is 29.0. The van der Waals surface area contributed by atoms with Gasteiger partial charge in [0.1, 0.15) is 0 Å². The van der Waals surface area contributed by atoms with Crippen LogP contribution in [0.25, 0.3) is 49.5 Å². The summed E-state index contributed by atoms with van der Waals surface area (Å²) in [6.07, 6.45) is 4.76. The highest BCUT2D eigenvalue weighted by molar-refractivity contribution is 6.24. The summed E-state index contributed by atoms with van der Waals surface area (Å²) in [4.78, 5) is 0. The topological polar surface area (TPSA) is 0 Å². The maximum Gasteiger partial charge on any atom is -0.00208 e. The monoisotopic (exact) mass is 370 g/mol. The molecule has 0 aromatic heterocycles. The van der Waals surface area contributed by atoms with Crippen LogP contribution >= 0.6 is 0 Å². The van der Waals surface area contributed by atoms with Crippen molar-refractivity contribution in [1.82, 2.24) is 0 Å². The summed E-state index contributed by atoms with van der Waals surface area (Å²) in [5, 5.41) is 8.05. The molecule has 0 heteroatoms. The molecule has 138 valence electrons. The summed E-state index contributed by atoms with van der Waals surface area (Å²) in [5.41, 5.74) is 6.78. The zero-order valence-electron chi connectivity index (χ0n) is 16.7. The van der Waals surface area contributed by atoms with Crippen LogP contribution in [0.1, 0.15) is 30.5 Å². The van der Waals surface area contributed by atoms with Crippen LogP contribution in [0.3, 0.4) is 0 Å². The molecule has 6 rings (SSSR count). The zero-order valence-corrected chi connectivity index (χ0v) is 16.7. The minimum absolute atomic E-state index is 0.517. The van der Waals surface area contributed by atoms with Crippen molar-refractivity contribution in [3.8, 4) is 0 Å². The lowest BCUT2D eigenvalue weighted by Crippen LogP contribution is -1.91. The van der Waals surface area contributed by atoms with Crippen LogP contribution in [0.4, 0.5) is 0 Å². The van der Waals surface area contributed by atoms with Gasteiger partial charge in [0.15, 0.2) is 0 Å². The minimum atomic E-state index is 0.517. The van der Waals surface area contributed by atoms with Gasteiger partial charge in [-0.05, 0) is 72.1 Å². The van der Waals surface area contributed by atoms with E-state index in [9.17, 15) is 0 Å². The van der Waals surface area contributed by atoms with Gasteiger partial charge in [-0.3, -0.25) is 0 Å². The molecule has 0 amide bonds. The highest BCUT2D eigenvalue weighted by atomic mass is 14.2. The molecular formula is C29H22. The van der Waals surface area contributed by atoms with Gasteiger partial charge in [0.2, 0.25) is 0 Å². The Labute approximate surface area is 171 Å². The molecule has 0 saturated carbocycles. The van der Waals surface area contributed by atoms with Crippen molar-refractivity contribution < 1.29 is 0 Å². The smallest absolute Gasteiger partial charge is 0.00208 e. The van der Waals surface area contributed by atoms with Crippen molar-refractivity contribution in [2.45, 2.75) is 13.8 Å². The first-order chi connectivity index (χ1) is 14.2. The van der Waals surface area contributed by atoms with E-state index >= 15 is 0 Å². The van der Waals surface area contributed by atoms with Crippen LogP contribution in [-0.4, -0.2) is 0 Å². The molecule has 1 aliphatic carbocycles. The second-order valence-corrected chi connectivity index (χ2v) is 8.41. The van der Waals surface area contributed by atoms with E-state index in [-0.39, 0.29) is 0 Å². The lowest BCUT2D eigenvalue weighted by atomic mass is 9.91. The highest BCUT2D eigenvalue weighted by Crippen LogP contribution is 2.41. The Morgan fingerprint density at radius 2 is 1.28 bits per heavy atom. The number of hydrogen-bond acceptors (Lipinski definition) is 0. The molecule has 0 heterocycles. The van der Waals surface area contributed by atoms with Crippen molar-refractivity contribution in [2.24, 2.45) is 5.92 Å². The first-order valence-corrected chi connectivity index (χ1v) is 10.4. The first kappa shape index (κ1) is 16.6. The average molecular weight is 370 g/mol. The van der Waals surface area contributed by atoms with Crippen molar-refractivity contribution in [3.05, 3.63) is 102 Å². The molecule has 0 N–H and O–H groups in total. The van der Waals surface area contributed by atoms with Gasteiger partial charge in [-0.25, -0.2) is 0 Å². The summed E-state index contributed by atoms with van der Waals surface area (Å²) in [6.45, 7) is 4.56. The van der Waals surface area contributed by atoms with Crippen molar-refractivity contribution in [2.75, 3.05) is 0 Å². The molecule has 0 nitrogen and oxygen atoms in total. The number of benzene rings is 5. The molecule has 0 spiro atoms. The fourth-order valence-electron chi connectivity index (χ4n) is 4.96. The highest BCUT2D eigenvalue weighted by Gasteiger charge is 2.20. The molecule has 0 bridgehead atoms. The number of allylic oxidation sites excluding steroid dienone is 3. The van der Waals surface area contributed by atoms with E-state index in [0.717, 1.165) is 0 Å². The van der Waals surface area contributed by atoms with Crippen LogP contribution in [0.15, 0.2) is 84.9 Å². The first-order valence-electron chi connectivity index (χ1n) is 10.4. The van der Waals surface area contributed by atoms with Crippen molar-refractivity contribution in [1.29, 1.82) is 0 Å². The zero-order chi connectivity index (χ0) is 19.5. The van der Waals surface area contributed by atoms with Crippen LogP contribution in [-0.2, 0) is 0 Å². The Hall–Kier alpha value is -3.38. The van der Waals surface area contributed by atoms with E-state index in [4.69, 9.17) is 0 Å². The molecular weight excluding hydrogens is 348 g/mol. The molecule has 0 saturated heterocycles. The molecule has 5 aromatic carbocycles. The maximum absolute atomic E-state index is 2.38. The SMILES string of the molecule is CC(C)C1=C/C(=C/c2ccc3ccc4cccc5ccc2c3c45)c2ccccc21. The largest absolute Gasteiger partial charge is 0.0616 e. The average Bonchev–Trinajstić information content (AvgIpc) is 3.12. The van der Waals surface area contributed by atoms with E-state index < -0.39 is 0 Å². The molecule has 0 unspecified atom stereocenters. The van der Waals surface area contributed by atoms with E-state index in [1.807, 2.05) is 0 Å². The molecule has 0 fully saturated rings. The van der Waals surface area contributed by atoms with Gasteiger partial charge >= 0.3 is 0 Å². The predicted octanol–water partition coefficient (Wildman–Crippen LogP) is 8.18. The fraction of sp³-hybridized carbons (Fsp3) is 0.103. The third kappa shape index (κ3) is 2.39. The number of rotatable bonds is 2. The van der Waals surface area contributed by atoms with Crippen molar-refractivity contribution >= 4 is 49.5 Å². The Balaban J connectivity index is 1.65. The lowest BCUT2D eigenvalue weighted by molar-refractivity contribution is 0.858. The molecule has 0 radical (unpaired) electrons. The lowest BCUT2D eigenvalue weighted by Gasteiger charge is -2.13. The van der Waals surface area contributed by atoms with Gasteiger partial charge < -0.3 is 0 Å². The summed E-state index contributed by atoms with van der Waals surface area (Å²) < 4.78 is 0. The van der Waals surface area contributed by atoms with Crippen LogP contribution in [0.2, 0.25) is 0 Å². The minimum Gasteiger partial charge on any atom is -0.0616 e. The van der Waals surface area contributed by atoms with Gasteiger partial charge in [-0.1, -0.05) is 98.8 Å². The van der Waals surface area contributed by atoms with E-state index in [1.165, 1.54) is 60.2 Å². The van der Waals surface area contributed by atoms with Crippen LogP contribution in [0.5, 0.6) is 0 Å². The van der Waals surface area contributed by atoms with Gasteiger partial charge in [0, 0.05) is 0 Å². The second kappa shape index (κ2) is 6.06. The Morgan fingerprint density at radius 3 is 2.03 bits per heavy atom. The summed E-state index contributed by atoms with van der Waals surface area (Å²) in [7, 11) is 0. The van der Waals surface area contributed by atoms with Crippen molar-refractivity contribution in [3.63, 3.8) is 0 Å². The van der Waals surface area contributed by atoms with Gasteiger partial charge in [-0.15, -0.1) is 0 Å². The third-order valence-electron chi connectivity index (χ3n) is 6.36. The Bertz CT molecular complexity index is 1440. The number of fused-ring (bicyclic) bond motifs is 1. The molecule has 29 heavy (non-hydrogen) atoms. The van der Waals surface area contributed by atoms with Crippen LogP contribution < -0.4 is 0 Å². The van der Waals surface area contributed by atoms with Crippen LogP contribution in [0, 0.1) is 5.92 Å². The quantitative estimate of drug-likeness (QED) is 0.275. The molecule has 0 atom stereocenters. The van der Waals surface area contributed by atoms with Gasteiger partial charge in [0.25, 0.3) is 0 Å². The van der Waals surface area contributed by atoms with Gasteiger partial charge in [0.05, 0.1) is 0 Å². The Kier molecular flexibility index (Phi) is 3.46. The molecule has 1 aliphatic rings. The second-order valence-electron chi connectivity index (χ2n) is 8.41. The molecule has 5 aromatic rings. The van der Waals surface area contributed by atoms with E-state index in [1.54, 1.807) is 0 Å². The summed E-state index contributed by atoms with van der Waals surface area (Å²) >= 11 is 0. The predicted molar refractivity (Wildman–Crippen MR) is 127 cm³/mol. The van der Waals surface area contributed by atoms with Gasteiger partial charge in [-0.2, -0.15) is 0 Å². The fourth-order valence-corrected chi connectivity index (χ4v) is 4.96. The maximum atomic E-state index is 2.38. The number of hydrogen-bond donors (Lipinski definition) is 0.